The van der Waals surface area contributed by atoms with Crippen molar-refractivity contribution < 1.29 is 4.79 Å². The minimum absolute atomic E-state index is 0.588. The van der Waals surface area contributed by atoms with Crippen LogP contribution < -0.4 is 5.73 Å². The molecule has 0 aliphatic heterocycles. The summed E-state index contributed by atoms with van der Waals surface area (Å²) < 4.78 is 0. The number of anilines is 1. The Labute approximate surface area is 162 Å². The van der Waals surface area contributed by atoms with Crippen LogP contribution in [-0.4, -0.2) is 22.5 Å². The first-order valence-electron chi connectivity index (χ1n) is 9.52. The Morgan fingerprint density at radius 3 is 2.68 bits per heavy atom. The molecular weight excluding hydrogens is 348 g/mol. The van der Waals surface area contributed by atoms with Crippen molar-refractivity contribution in [2.45, 2.75) is 25.7 Å². The number of aromatic amines is 1. The van der Waals surface area contributed by atoms with E-state index in [1.54, 1.807) is 0 Å². The number of hydrogen-bond acceptors (Lipinski definition) is 4. The predicted octanol–water partition coefficient (Wildman–Crippen LogP) is 4.65. The molecule has 0 saturated heterocycles. The lowest BCUT2D eigenvalue weighted by Crippen LogP contribution is -2.08. The van der Waals surface area contributed by atoms with E-state index in [1.807, 2.05) is 36.4 Å². The topological polar surface area (TPSA) is 95.6 Å². The number of H-pyrrole nitrogens is 1. The Morgan fingerprint density at radius 1 is 1.07 bits per heavy atom. The van der Waals surface area contributed by atoms with E-state index < -0.39 is 0 Å². The molecule has 1 aliphatic rings. The number of carbonyl (C=O) groups excluding carboxylic acids is 1. The maximum atomic E-state index is 11.3. The van der Waals surface area contributed by atoms with Crippen LogP contribution in [0.4, 0.5) is 5.69 Å². The molecule has 0 spiro atoms. The van der Waals surface area contributed by atoms with Crippen molar-refractivity contribution in [3.63, 3.8) is 0 Å². The van der Waals surface area contributed by atoms with Gasteiger partial charge in [0.15, 0.2) is 6.29 Å². The lowest BCUT2D eigenvalue weighted by Gasteiger charge is -2.22. The van der Waals surface area contributed by atoms with E-state index in [4.69, 9.17) is 16.1 Å². The number of aryl methyl sites for hydroxylation is 1. The monoisotopic (exact) mass is 368 g/mol. The second-order valence-electron chi connectivity index (χ2n) is 7.38. The second-order valence-corrected chi connectivity index (χ2v) is 7.38. The maximum Gasteiger partial charge on any atom is 0.166 e. The Kier molecular flexibility index (Phi) is 3.76. The largest absolute Gasteiger partial charge is 0.398 e. The van der Waals surface area contributed by atoms with Crippen molar-refractivity contribution in [3.8, 4) is 11.3 Å². The number of rotatable bonds is 3. The van der Waals surface area contributed by atoms with Gasteiger partial charge in [-0.3, -0.25) is 4.79 Å². The number of nitrogen functional groups attached to an aromatic ring is 1. The smallest absolute Gasteiger partial charge is 0.166 e. The van der Waals surface area contributed by atoms with E-state index in [0.717, 1.165) is 65.0 Å². The second kappa shape index (κ2) is 6.30. The molecule has 0 radical (unpaired) electrons. The molecule has 4 N–H and O–H groups in total. The zero-order valence-electron chi connectivity index (χ0n) is 15.4. The quantitative estimate of drug-likeness (QED) is 0.279. The number of hydrogen-bond donors (Lipinski definition) is 3. The van der Waals surface area contributed by atoms with Crippen molar-refractivity contribution >= 4 is 40.0 Å². The molecule has 28 heavy (non-hydrogen) atoms. The summed E-state index contributed by atoms with van der Waals surface area (Å²) in [5.41, 5.74) is 14.4. The molecule has 138 valence electrons. The Balaban J connectivity index is 1.85. The molecule has 1 aliphatic carbocycles. The van der Waals surface area contributed by atoms with Crippen LogP contribution in [0, 0.1) is 5.41 Å². The molecule has 5 nitrogen and oxygen atoms in total. The van der Waals surface area contributed by atoms with E-state index in [9.17, 15) is 4.79 Å². The highest BCUT2D eigenvalue weighted by molar-refractivity contribution is 6.09. The summed E-state index contributed by atoms with van der Waals surface area (Å²) in [7, 11) is 0. The summed E-state index contributed by atoms with van der Waals surface area (Å²) in [5, 5.41) is 9.84. The average molecular weight is 368 g/mol. The number of benzene rings is 2. The summed E-state index contributed by atoms with van der Waals surface area (Å²) in [5.74, 6) is 0. The van der Waals surface area contributed by atoms with E-state index in [0.29, 0.717) is 16.9 Å². The molecule has 5 heteroatoms. The molecule has 0 bridgehead atoms. The highest BCUT2D eigenvalue weighted by Gasteiger charge is 2.21. The van der Waals surface area contributed by atoms with E-state index >= 15 is 0 Å². The highest BCUT2D eigenvalue weighted by Crippen LogP contribution is 2.38. The summed E-state index contributed by atoms with van der Waals surface area (Å²) in [6.45, 7) is 0. The standard InChI is InChI=1S/C23H20N4O/c24-11-14-9-13(5-6-19(14)25)23-17-4-2-1-3-16(17)22-18-10-15(12-28)26-20(18)7-8-21(22)27-23/h5-12,24,26H,1-4,25H2. The zero-order valence-corrected chi connectivity index (χ0v) is 15.4. The Morgan fingerprint density at radius 2 is 1.89 bits per heavy atom. The van der Waals surface area contributed by atoms with Gasteiger partial charge in [0, 0.05) is 39.3 Å². The summed E-state index contributed by atoms with van der Waals surface area (Å²) in [4.78, 5) is 19.5. The molecule has 2 aromatic carbocycles. The molecule has 5 rings (SSSR count). The lowest BCUT2D eigenvalue weighted by molar-refractivity contribution is 0.112. The van der Waals surface area contributed by atoms with Crippen molar-refractivity contribution in [3.05, 3.63) is 58.8 Å². The van der Waals surface area contributed by atoms with Crippen molar-refractivity contribution in [2.75, 3.05) is 5.73 Å². The minimum atomic E-state index is 0.588. The molecule has 0 unspecified atom stereocenters. The van der Waals surface area contributed by atoms with Gasteiger partial charge in [0.25, 0.3) is 0 Å². The molecule has 0 fully saturated rings. The fourth-order valence-electron chi connectivity index (χ4n) is 4.40. The van der Waals surface area contributed by atoms with E-state index in [1.165, 1.54) is 17.3 Å². The van der Waals surface area contributed by atoms with Crippen molar-refractivity contribution in [2.24, 2.45) is 0 Å². The summed E-state index contributed by atoms with van der Waals surface area (Å²) in [6.07, 6.45) is 6.43. The SMILES string of the molecule is N=Cc1cc(-c2nc3ccc4[nH]c(C=O)cc4c3c3c2CCCC3)ccc1N. The van der Waals surface area contributed by atoms with Gasteiger partial charge in [-0.25, -0.2) is 4.98 Å². The van der Waals surface area contributed by atoms with Gasteiger partial charge >= 0.3 is 0 Å². The van der Waals surface area contributed by atoms with E-state index in [2.05, 4.69) is 4.98 Å². The number of aldehydes is 1. The third-order valence-electron chi connectivity index (χ3n) is 5.73. The van der Waals surface area contributed by atoms with Gasteiger partial charge in [-0.1, -0.05) is 6.07 Å². The van der Waals surface area contributed by atoms with Crippen LogP contribution in [-0.2, 0) is 12.8 Å². The summed E-state index contributed by atoms with van der Waals surface area (Å²) >= 11 is 0. The Hall–Kier alpha value is -3.47. The number of fused-ring (bicyclic) bond motifs is 5. The fourth-order valence-corrected chi connectivity index (χ4v) is 4.40. The third kappa shape index (κ3) is 2.43. The number of pyridine rings is 1. The van der Waals surface area contributed by atoms with Crippen LogP contribution >= 0.6 is 0 Å². The molecule has 0 amide bonds. The molecule has 4 aromatic rings. The van der Waals surface area contributed by atoms with Gasteiger partial charge in [-0.2, -0.15) is 0 Å². The van der Waals surface area contributed by atoms with Gasteiger partial charge in [-0.15, -0.1) is 0 Å². The third-order valence-corrected chi connectivity index (χ3v) is 5.73. The first-order valence-corrected chi connectivity index (χ1v) is 9.52. The number of aromatic nitrogens is 2. The first kappa shape index (κ1) is 16.7. The predicted molar refractivity (Wildman–Crippen MR) is 113 cm³/mol. The van der Waals surface area contributed by atoms with Gasteiger partial charge in [0.2, 0.25) is 0 Å². The first-order chi connectivity index (χ1) is 13.7. The number of nitrogens with one attached hydrogen (secondary N) is 2. The molecule has 2 heterocycles. The van der Waals surface area contributed by atoms with Gasteiger partial charge in [0.1, 0.15) is 0 Å². The van der Waals surface area contributed by atoms with Crippen molar-refractivity contribution in [1.29, 1.82) is 5.41 Å². The van der Waals surface area contributed by atoms with E-state index in [-0.39, 0.29) is 0 Å². The van der Waals surface area contributed by atoms with Crippen LogP contribution in [0.25, 0.3) is 33.1 Å². The molecule has 0 saturated carbocycles. The average Bonchev–Trinajstić information content (AvgIpc) is 3.17. The molecule has 2 aromatic heterocycles. The van der Waals surface area contributed by atoms with Crippen LogP contribution in [0.1, 0.15) is 40.0 Å². The maximum absolute atomic E-state index is 11.3. The summed E-state index contributed by atoms with van der Waals surface area (Å²) in [6, 6.07) is 11.7. The molecule has 0 atom stereocenters. The highest BCUT2D eigenvalue weighted by atomic mass is 16.1. The lowest BCUT2D eigenvalue weighted by atomic mass is 9.85. The van der Waals surface area contributed by atoms with Crippen molar-refractivity contribution in [1.82, 2.24) is 9.97 Å². The van der Waals surface area contributed by atoms with Crippen LogP contribution in [0.2, 0.25) is 0 Å². The fraction of sp³-hybridized carbons (Fsp3) is 0.174. The normalized spacial score (nSPS) is 13.6. The number of carbonyl (C=O) groups is 1. The number of nitrogens with two attached hydrogens (primary N) is 1. The van der Waals surface area contributed by atoms with Crippen LogP contribution in [0.3, 0.4) is 0 Å². The van der Waals surface area contributed by atoms with Gasteiger partial charge < -0.3 is 16.1 Å². The molecular formula is C23H20N4O. The number of nitrogens with zero attached hydrogens (tertiary/aromatic N) is 1. The van der Waals surface area contributed by atoms with Crippen LogP contribution in [0.15, 0.2) is 36.4 Å². The Bertz CT molecular complexity index is 1270. The van der Waals surface area contributed by atoms with Crippen LogP contribution in [0.5, 0.6) is 0 Å². The van der Waals surface area contributed by atoms with Gasteiger partial charge in [0.05, 0.1) is 16.9 Å². The zero-order chi connectivity index (χ0) is 19.3. The minimum Gasteiger partial charge on any atom is -0.398 e. The van der Waals surface area contributed by atoms with Gasteiger partial charge in [-0.05, 0) is 67.1 Å².